The van der Waals surface area contributed by atoms with Gasteiger partial charge in [-0.1, -0.05) is 0 Å². The maximum atomic E-state index is 3.67. The van der Waals surface area contributed by atoms with Gasteiger partial charge in [-0.3, -0.25) is 0 Å². The van der Waals surface area contributed by atoms with Crippen LogP contribution in [0.1, 0.15) is 0 Å². The summed E-state index contributed by atoms with van der Waals surface area (Å²) < 4.78 is 0. The standard InChI is InChI=1S/C2H2B2N2/c1-2-5-4-6-3-1/h1-2H. The van der Waals surface area contributed by atoms with Crippen LogP contribution in [0.25, 0.3) is 0 Å². The van der Waals surface area contributed by atoms with Crippen molar-refractivity contribution in [3.63, 3.8) is 0 Å². The summed E-state index contributed by atoms with van der Waals surface area (Å²) in [5.74, 6) is 1.78. The first-order valence-corrected chi connectivity index (χ1v) is 1.70. The van der Waals surface area contributed by atoms with Gasteiger partial charge in [0.15, 0.2) is 0 Å². The molecule has 0 saturated carbocycles. The van der Waals surface area contributed by atoms with Crippen molar-refractivity contribution in [3.05, 3.63) is 12.2 Å². The van der Waals surface area contributed by atoms with Crippen LogP contribution in [0, 0.1) is 0 Å². The Labute approximate surface area is 37.1 Å². The van der Waals surface area contributed by atoms with Gasteiger partial charge in [0, 0.05) is 0 Å². The normalized spacial score (nSPS) is 6.67. The fourth-order valence-electron chi connectivity index (χ4n) is 0.253. The van der Waals surface area contributed by atoms with Gasteiger partial charge in [0.1, 0.15) is 0 Å². The van der Waals surface area contributed by atoms with E-state index in [1.807, 2.05) is 0 Å². The van der Waals surface area contributed by atoms with Gasteiger partial charge >= 0.3 is 36.1 Å². The molecule has 0 fully saturated rings. The van der Waals surface area contributed by atoms with Gasteiger partial charge in [-0.25, -0.2) is 0 Å². The Hall–Kier alpha value is -0.530. The Balaban J connectivity index is 3.00. The first-order chi connectivity index (χ1) is 3.00. The SMILES string of the molecule is b1ccnbn1. The van der Waals surface area contributed by atoms with E-state index < -0.39 is 0 Å². The van der Waals surface area contributed by atoms with Gasteiger partial charge in [0.25, 0.3) is 0 Å². The Morgan fingerprint density at radius 1 is 1.50 bits per heavy atom. The Bertz CT molecular complexity index is 81.5. The monoisotopic (exact) mass is 76.0 g/mol. The van der Waals surface area contributed by atoms with Crippen LogP contribution < -0.4 is 0 Å². The predicted molar refractivity (Wildman–Crippen MR) is 24.7 cm³/mol. The van der Waals surface area contributed by atoms with Crippen molar-refractivity contribution in [2.24, 2.45) is 0 Å². The van der Waals surface area contributed by atoms with Crippen molar-refractivity contribution in [1.82, 2.24) is 9.69 Å². The molecule has 0 atom stereocenters. The third-order valence-electron chi connectivity index (χ3n) is 0.478. The minimum absolute atomic E-state index is 1.50. The topological polar surface area (TPSA) is 25.8 Å². The van der Waals surface area contributed by atoms with Crippen molar-refractivity contribution < 1.29 is 0 Å². The fraction of sp³-hybridized carbons (Fsp3) is 0. The van der Waals surface area contributed by atoms with Crippen LogP contribution >= 0.6 is 0 Å². The first kappa shape index (κ1) is 3.65. The van der Waals surface area contributed by atoms with Crippen molar-refractivity contribution in [2.45, 2.75) is 0 Å². The molecule has 2 nitrogen and oxygen atoms in total. The molecule has 6 heavy (non-hydrogen) atoms. The molecule has 0 N–H and O–H groups in total. The van der Waals surface area contributed by atoms with Crippen molar-refractivity contribution in [1.29, 1.82) is 0 Å². The minimum atomic E-state index is 1.50. The van der Waals surface area contributed by atoms with Crippen LogP contribution in [0.5, 0.6) is 0 Å². The van der Waals surface area contributed by atoms with Gasteiger partial charge in [0.2, 0.25) is 0 Å². The summed E-state index contributed by atoms with van der Waals surface area (Å²) >= 11 is 0. The molecule has 0 bridgehead atoms. The Morgan fingerprint density at radius 2 is 2.50 bits per heavy atom. The molecule has 1 heterocycles. The van der Waals surface area contributed by atoms with Crippen LogP contribution in [0.2, 0.25) is 0 Å². The number of hydrogen-bond acceptors (Lipinski definition) is 2. The van der Waals surface area contributed by atoms with Crippen LogP contribution in [0.15, 0.2) is 12.2 Å². The van der Waals surface area contributed by atoms with Crippen LogP contribution in [0.3, 0.4) is 0 Å². The first-order valence-electron chi connectivity index (χ1n) is 1.70. The summed E-state index contributed by atoms with van der Waals surface area (Å²) in [6.07, 6.45) is 1.69. The molecule has 0 amide bonds. The summed E-state index contributed by atoms with van der Waals surface area (Å²) in [5.41, 5.74) is 0. The van der Waals surface area contributed by atoms with E-state index in [2.05, 4.69) is 9.69 Å². The molecule has 0 aliphatic heterocycles. The number of hydrogen-bond donors (Lipinski definition) is 0. The number of aromatic nitrogens is 2. The third kappa shape index (κ3) is 0.707. The van der Waals surface area contributed by atoms with Crippen LogP contribution in [-0.4, -0.2) is 23.9 Å². The van der Waals surface area contributed by atoms with Gasteiger partial charge in [-0.15, -0.1) is 0 Å². The maximum absolute atomic E-state index is 3.67. The molecule has 0 aromatic carbocycles. The van der Waals surface area contributed by atoms with E-state index in [9.17, 15) is 0 Å². The fourth-order valence-corrected chi connectivity index (χ4v) is 0.253. The van der Waals surface area contributed by atoms with Crippen molar-refractivity contribution in [2.75, 3.05) is 0 Å². The second kappa shape index (κ2) is 1.80. The number of nitrogens with zero attached hydrogens (tertiary/aromatic N) is 2. The van der Waals surface area contributed by atoms with Gasteiger partial charge < -0.3 is 0 Å². The van der Waals surface area contributed by atoms with Crippen molar-refractivity contribution >= 4 is 14.2 Å². The summed E-state index contributed by atoms with van der Waals surface area (Å²) in [4.78, 5) is 7.35. The molecule has 1 aromatic rings. The summed E-state index contributed by atoms with van der Waals surface area (Å²) in [7, 11) is 3.19. The molecule has 1 rings (SSSR count). The Morgan fingerprint density at radius 3 is 2.67 bits per heavy atom. The average Bonchev–Trinajstić information content (AvgIpc) is 1.72. The molecule has 0 aliphatic rings. The molecule has 0 saturated heterocycles. The molecular formula is C2H2B2N2. The van der Waals surface area contributed by atoms with E-state index in [0.29, 0.717) is 0 Å². The van der Waals surface area contributed by atoms with Crippen molar-refractivity contribution in [3.8, 4) is 0 Å². The molecule has 0 radical (unpaired) electrons. The van der Waals surface area contributed by atoms with Gasteiger partial charge in [-0.2, -0.15) is 0 Å². The van der Waals surface area contributed by atoms with Gasteiger partial charge in [0.05, 0.1) is 0 Å². The molecule has 0 aliphatic carbocycles. The average molecular weight is 75.7 g/mol. The van der Waals surface area contributed by atoms with Gasteiger partial charge in [-0.05, 0) is 0 Å². The van der Waals surface area contributed by atoms with E-state index in [1.165, 1.54) is 7.19 Å². The molecule has 26 valence electrons. The summed E-state index contributed by atoms with van der Waals surface area (Å²) in [6, 6.07) is 0. The second-order valence-electron chi connectivity index (χ2n) is 0.904. The van der Waals surface area contributed by atoms with E-state index in [0.717, 1.165) is 0 Å². The Kier molecular flexibility index (Phi) is 1.10. The predicted octanol–water partition coefficient (Wildman–Crippen LogP) is -0.847. The zero-order valence-corrected chi connectivity index (χ0v) is 3.20. The molecule has 4 heteroatoms. The molecular weight excluding hydrogens is 73.7 g/mol. The van der Waals surface area contributed by atoms with Crippen LogP contribution in [0.4, 0.5) is 0 Å². The van der Waals surface area contributed by atoms with E-state index in [4.69, 9.17) is 0 Å². The molecule has 1 aromatic heterocycles. The zero-order valence-electron chi connectivity index (χ0n) is 3.20. The van der Waals surface area contributed by atoms with Crippen LogP contribution in [-0.2, 0) is 0 Å². The van der Waals surface area contributed by atoms with E-state index in [-0.39, 0.29) is 0 Å². The number of rotatable bonds is 0. The zero-order chi connectivity index (χ0) is 4.24. The molecule has 0 unspecified atom stereocenters. The summed E-state index contributed by atoms with van der Waals surface area (Å²) in [5, 5.41) is 0. The second-order valence-corrected chi connectivity index (χ2v) is 0.904. The third-order valence-corrected chi connectivity index (χ3v) is 0.478. The summed E-state index contributed by atoms with van der Waals surface area (Å²) in [6.45, 7) is 0. The quantitative estimate of drug-likeness (QED) is 0.402. The van der Waals surface area contributed by atoms with E-state index >= 15 is 0 Å². The van der Waals surface area contributed by atoms with E-state index in [1.54, 1.807) is 19.2 Å². The molecule has 0 spiro atoms.